The number of aromatic nitrogens is 6. The zero-order valence-electron chi connectivity index (χ0n) is 28.1. The second-order valence-corrected chi connectivity index (χ2v) is 13.4. The summed E-state index contributed by atoms with van der Waals surface area (Å²) in [4.78, 5) is 22.5. The van der Waals surface area contributed by atoms with Crippen LogP contribution in [-0.2, 0) is 30.0 Å². The highest BCUT2D eigenvalue weighted by Gasteiger charge is 2.34. The van der Waals surface area contributed by atoms with Gasteiger partial charge >= 0.3 is 5.97 Å². The Kier molecular flexibility index (Phi) is 7.54. The summed E-state index contributed by atoms with van der Waals surface area (Å²) in [6.07, 6.45) is 1.84. The largest absolute Gasteiger partial charge is 0.490 e. The van der Waals surface area contributed by atoms with Crippen molar-refractivity contribution in [1.29, 1.82) is 0 Å². The molecule has 7 rings (SSSR count). The molecule has 6 aromatic rings. The van der Waals surface area contributed by atoms with Gasteiger partial charge in [-0.2, -0.15) is 0 Å². The molecule has 10 nitrogen and oxygen atoms in total. The van der Waals surface area contributed by atoms with Crippen molar-refractivity contribution in [2.24, 2.45) is 14.1 Å². The monoisotopic (exact) mass is 648 g/mol. The van der Waals surface area contributed by atoms with Crippen LogP contribution in [0.2, 0.25) is 0 Å². The van der Waals surface area contributed by atoms with Crippen LogP contribution >= 0.6 is 0 Å². The number of hydrogen-bond acceptors (Lipinski definition) is 7. The topological polar surface area (TPSA) is 117 Å². The molecule has 0 amide bonds. The van der Waals surface area contributed by atoms with Crippen molar-refractivity contribution >= 4 is 28.0 Å². The maximum Gasteiger partial charge on any atom is 0.337 e. The van der Waals surface area contributed by atoms with Crippen LogP contribution in [0.4, 0.5) is 4.39 Å². The Balaban J connectivity index is 1.48. The number of hydrogen-bond donors (Lipinski definition) is 1. The highest BCUT2D eigenvalue weighted by atomic mass is 19.1. The molecule has 0 saturated heterocycles. The molecule has 1 aliphatic rings. The summed E-state index contributed by atoms with van der Waals surface area (Å²) in [7, 11) is 3.78. The molecular weight excluding hydrogens is 611 g/mol. The fourth-order valence-corrected chi connectivity index (χ4v) is 6.80. The first-order valence-corrected chi connectivity index (χ1v) is 15.9. The van der Waals surface area contributed by atoms with E-state index >= 15 is 4.39 Å². The Morgan fingerprint density at radius 1 is 1.08 bits per heavy atom. The van der Waals surface area contributed by atoms with E-state index in [1.54, 1.807) is 17.8 Å². The van der Waals surface area contributed by atoms with E-state index in [0.717, 1.165) is 51.1 Å². The molecule has 0 radical (unpaired) electrons. The first kappa shape index (κ1) is 31.4. The van der Waals surface area contributed by atoms with Gasteiger partial charge in [0.15, 0.2) is 17.7 Å². The summed E-state index contributed by atoms with van der Waals surface area (Å²) in [5, 5.41) is 19.6. The maximum atomic E-state index is 15.8. The number of benzene rings is 2. The van der Waals surface area contributed by atoms with Gasteiger partial charge in [-0.3, -0.25) is 4.98 Å². The summed E-state index contributed by atoms with van der Waals surface area (Å²) in [6.45, 7) is 9.63. The minimum Gasteiger partial charge on any atom is -0.490 e. The van der Waals surface area contributed by atoms with Crippen LogP contribution in [0.3, 0.4) is 0 Å². The molecule has 1 N–H and O–H groups in total. The van der Waals surface area contributed by atoms with Crippen molar-refractivity contribution in [1.82, 2.24) is 29.5 Å². The van der Waals surface area contributed by atoms with Crippen molar-refractivity contribution < 1.29 is 23.8 Å². The molecule has 1 aliphatic heterocycles. The number of fused-ring (bicyclic) bond motifs is 3. The molecule has 5 heterocycles. The normalized spacial score (nSPS) is 13.9. The lowest BCUT2D eigenvalue weighted by molar-refractivity contribution is -0.160. The molecule has 0 unspecified atom stereocenters. The molecule has 4 aromatic heterocycles. The zero-order valence-corrected chi connectivity index (χ0v) is 28.1. The van der Waals surface area contributed by atoms with E-state index in [1.807, 2.05) is 82.8 Å². The van der Waals surface area contributed by atoms with Gasteiger partial charge in [0.1, 0.15) is 11.2 Å². The average molecular weight is 649 g/mol. The lowest BCUT2D eigenvalue weighted by Gasteiger charge is -2.29. The van der Waals surface area contributed by atoms with Crippen molar-refractivity contribution in [3.05, 3.63) is 76.9 Å². The highest BCUT2D eigenvalue weighted by molar-refractivity contribution is 6.01. The first-order chi connectivity index (χ1) is 22.8. The van der Waals surface area contributed by atoms with Crippen molar-refractivity contribution in [3.63, 3.8) is 0 Å². The van der Waals surface area contributed by atoms with E-state index < -0.39 is 23.5 Å². The Hall–Kier alpha value is -5.16. The van der Waals surface area contributed by atoms with Crippen LogP contribution in [0.15, 0.2) is 48.7 Å². The van der Waals surface area contributed by atoms with Gasteiger partial charge in [0.05, 0.1) is 29.1 Å². The lowest BCUT2D eigenvalue weighted by Crippen LogP contribution is -2.28. The van der Waals surface area contributed by atoms with Gasteiger partial charge in [0, 0.05) is 59.2 Å². The fourth-order valence-electron chi connectivity index (χ4n) is 6.80. The van der Waals surface area contributed by atoms with Crippen LogP contribution < -0.4 is 4.74 Å². The predicted molar refractivity (Wildman–Crippen MR) is 181 cm³/mol. The molecule has 48 heavy (non-hydrogen) atoms. The van der Waals surface area contributed by atoms with Crippen LogP contribution in [0, 0.1) is 19.7 Å². The SMILES string of the molecule is Cc1nc2c(cc(-c3ccnc(-c4ccc5c(c4)nnn5C)c3)n2C)c(-c2cc(F)c3c(c2C)CCCO3)c1[C@H](OC(C)(C)C)C(=O)O. The number of carbonyl (C=O) groups is 1. The zero-order chi connectivity index (χ0) is 34.1. The van der Waals surface area contributed by atoms with Gasteiger partial charge in [-0.05, 0) is 95.0 Å². The third-order valence-electron chi connectivity index (χ3n) is 9.03. The van der Waals surface area contributed by atoms with Gasteiger partial charge in [-0.15, -0.1) is 5.10 Å². The Morgan fingerprint density at radius 2 is 1.88 bits per heavy atom. The van der Waals surface area contributed by atoms with Gasteiger partial charge in [0.25, 0.3) is 0 Å². The quantitative estimate of drug-likeness (QED) is 0.200. The predicted octanol–water partition coefficient (Wildman–Crippen LogP) is 7.27. The highest BCUT2D eigenvalue weighted by Crippen LogP contribution is 2.45. The van der Waals surface area contributed by atoms with E-state index in [4.69, 9.17) is 14.5 Å². The number of aryl methyl sites for hydroxylation is 3. The fraction of sp³-hybridized carbons (Fsp3) is 0.324. The van der Waals surface area contributed by atoms with E-state index in [2.05, 4.69) is 15.3 Å². The molecule has 0 fully saturated rings. The minimum atomic E-state index is -1.35. The molecule has 0 saturated carbocycles. The molecule has 0 spiro atoms. The summed E-state index contributed by atoms with van der Waals surface area (Å²) in [5.74, 6) is -1.35. The molecule has 11 heteroatoms. The van der Waals surface area contributed by atoms with Crippen molar-refractivity contribution in [3.8, 4) is 39.4 Å². The van der Waals surface area contributed by atoms with Crippen LogP contribution in [-0.4, -0.2) is 52.8 Å². The van der Waals surface area contributed by atoms with Crippen LogP contribution in [0.5, 0.6) is 5.75 Å². The van der Waals surface area contributed by atoms with Gasteiger partial charge in [-0.1, -0.05) is 11.3 Å². The molecule has 1 atom stereocenters. The molecule has 0 aliphatic carbocycles. The van der Waals surface area contributed by atoms with Gasteiger partial charge in [0.2, 0.25) is 0 Å². The second kappa shape index (κ2) is 11.5. The molecule has 0 bridgehead atoms. The van der Waals surface area contributed by atoms with E-state index in [9.17, 15) is 9.90 Å². The minimum absolute atomic E-state index is 0.268. The van der Waals surface area contributed by atoms with Gasteiger partial charge < -0.3 is 19.1 Å². The average Bonchev–Trinajstić information content (AvgIpc) is 3.59. The second-order valence-electron chi connectivity index (χ2n) is 13.4. The lowest BCUT2D eigenvalue weighted by atomic mass is 9.86. The number of aliphatic carboxylic acids is 1. The molecular formula is C37H37FN6O4. The number of halogens is 1. The van der Waals surface area contributed by atoms with E-state index in [0.29, 0.717) is 46.4 Å². The standard InChI is InChI=1S/C37H37FN6O4/c1-19-23-9-8-14-47-33(23)26(38)17-24(19)32-25-18-30(43(6)35(25)40-20(2)31(32)34(36(45)46)48-37(3,4)5)22-12-13-39-27(16-22)21-10-11-29-28(15-21)41-42-44(29)7/h10-13,15-18,34H,8-9,14H2,1-7H3,(H,45,46)/t34-/m0/s1. The van der Waals surface area contributed by atoms with E-state index in [1.165, 1.54) is 6.07 Å². The van der Waals surface area contributed by atoms with Crippen LogP contribution in [0.25, 0.3) is 55.7 Å². The Morgan fingerprint density at radius 3 is 2.62 bits per heavy atom. The number of nitrogens with zero attached hydrogens (tertiary/aromatic N) is 6. The van der Waals surface area contributed by atoms with Crippen molar-refractivity contribution in [2.45, 2.75) is 59.2 Å². The van der Waals surface area contributed by atoms with Crippen molar-refractivity contribution in [2.75, 3.05) is 6.61 Å². The first-order valence-electron chi connectivity index (χ1n) is 15.9. The number of pyridine rings is 2. The Labute approximate surface area is 277 Å². The summed E-state index contributed by atoms with van der Waals surface area (Å²) < 4.78 is 31.5. The smallest absolute Gasteiger partial charge is 0.337 e. The molecule has 246 valence electrons. The Bertz CT molecular complexity index is 2260. The summed E-state index contributed by atoms with van der Waals surface area (Å²) in [6, 6.07) is 13.3. The molecule has 2 aromatic carbocycles. The summed E-state index contributed by atoms with van der Waals surface area (Å²) in [5.41, 5.74) is 8.62. The number of carboxylic acid groups (broad SMARTS) is 1. The van der Waals surface area contributed by atoms with Gasteiger partial charge in [-0.25, -0.2) is 18.9 Å². The number of rotatable bonds is 6. The number of carboxylic acids is 1. The van der Waals surface area contributed by atoms with E-state index in [-0.39, 0.29) is 5.75 Å². The number of ether oxygens (including phenoxy) is 2. The third-order valence-corrected chi connectivity index (χ3v) is 9.03. The third kappa shape index (κ3) is 5.28. The van der Waals surface area contributed by atoms with Crippen LogP contribution in [0.1, 0.15) is 55.7 Å². The summed E-state index contributed by atoms with van der Waals surface area (Å²) >= 11 is 0. The maximum absolute atomic E-state index is 15.8.